The standard InChI is InChI=1S/C20H29N7/c1-15-11-18(25-20(24-15)27-7-3-2-4-8-27)17-5-9-26(10-6-17)14-16-12-22-19(21)23-13-16/h11-13,17H,2-10,14H2,1H3,(H2,21,22,23). The van der Waals surface area contributed by atoms with Gasteiger partial charge in [0.15, 0.2) is 0 Å². The van der Waals surface area contributed by atoms with E-state index < -0.39 is 0 Å². The number of aromatic nitrogens is 4. The second-order valence-corrected chi connectivity index (χ2v) is 7.78. The van der Waals surface area contributed by atoms with Gasteiger partial charge in [0.1, 0.15) is 0 Å². The van der Waals surface area contributed by atoms with Crippen LogP contribution in [0.2, 0.25) is 0 Å². The average Bonchev–Trinajstić information content (AvgIpc) is 2.70. The molecule has 2 aliphatic rings. The van der Waals surface area contributed by atoms with Crippen molar-refractivity contribution in [2.24, 2.45) is 0 Å². The Bertz CT molecular complexity index is 747. The smallest absolute Gasteiger partial charge is 0.225 e. The largest absolute Gasteiger partial charge is 0.368 e. The second-order valence-electron chi connectivity index (χ2n) is 7.78. The molecule has 0 amide bonds. The van der Waals surface area contributed by atoms with Crippen molar-refractivity contribution in [2.45, 2.75) is 51.5 Å². The predicted molar refractivity (Wildman–Crippen MR) is 107 cm³/mol. The lowest BCUT2D eigenvalue weighted by atomic mass is 9.92. The fourth-order valence-electron chi connectivity index (χ4n) is 4.11. The Morgan fingerprint density at radius 2 is 1.70 bits per heavy atom. The molecule has 0 aliphatic carbocycles. The number of nitrogens with zero attached hydrogens (tertiary/aromatic N) is 6. The highest BCUT2D eigenvalue weighted by Crippen LogP contribution is 2.29. The summed E-state index contributed by atoms with van der Waals surface area (Å²) in [4.78, 5) is 22.7. The third-order valence-electron chi connectivity index (χ3n) is 5.64. The van der Waals surface area contributed by atoms with Gasteiger partial charge >= 0.3 is 0 Å². The van der Waals surface area contributed by atoms with Crippen LogP contribution in [0.4, 0.5) is 11.9 Å². The Labute approximate surface area is 161 Å². The van der Waals surface area contributed by atoms with Crippen LogP contribution in [-0.2, 0) is 6.54 Å². The van der Waals surface area contributed by atoms with Gasteiger partial charge in [0.25, 0.3) is 0 Å². The molecule has 0 saturated carbocycles. The molecular weight excluding hydrogens is 338 g/mol. The minimum absolute atomic E-state index is 0.334. The first-order chi connectivity index (χ1) is 13.2. The summed E-state index contributed by atoms with van der Waals surface area (Å²) in [6.45, 7) is 7.29. The molecule has 2 aliphatic heterocycles. The Hall–Kier alpha value is -2.28. The maximum Gasteiger partial charge on any atom is 0.225 e. The second kappa shape index (κ2) is 8.17. The van der Waals surface area contributed by atoms with Crippen LogP contribution in [0.5, 0.6) is 0 Å². The Kier molecular flexibility index (Phi) is 5.48. The molecule has 144 valence electrons. The zero-order valence-corrected chi connectivity index (χ0v) is 16.1. The van der Waals surface area contributed by atoms with Crippen molar-refractivity contribution in [3.8, 4) is 0 Å². The summed E-state index contributed by atoms with van der Waals surface area (Å²) >= 11 is 0. The Morgan fingerprint density at radius 1 is 1.00 bits per heavy atom. The van der Waals surface area contributed by atoms with Crippen molar-refractivity contribution in [3.63, 3.8) is 0 Å². The first-order valence-corrected chi connectivity index (χ1v) is 10.1. The van der Waals surface area contributed by atoms with E-state index in [4.69, 9.17) is 15.7 Å². The van der Waals surface area contributed by atoms with E-state index in [-0.39, 0.29) is 0 Å². The van der Waals surface area contributed by atoms with Gasteiger partial charge in [0.05, 0.1) is 0 Å². The van der Waals surface area contributed by atoms with E-state index in [1.807, 2.05) is 12.4 Å². The number of rotatable bonds is 4. The SMILES string of the molecule is Cc1cc(C2CCN(Cc3cnc(N)nc3)CC2)nc(N2CCCCC2)n1. The summed E-state index contributed by atoms with van der Waals surface area (Å²) < 4.78 is 0. The highest BCUT2D eigenvalue weighted by molar-refractivity contribution is 5.34. The number of piperidine rings is 2. The van der Waals surface area contributed by atoms with Crippen LogP contribution in [0.25, 0.3) is 0 Å². The molecule has 2 saturated heterocycles. The minimum atomic E-state index is 0.334. The molecule has 2 N–H and O–H groups in total. The van der Waals surface area contributed by atoms with Gasteiger partial charge < -0.3 is 10.6 Å². The highest BCUT2D eigenvalue weighted by atomic mass is 15.3. The van der Waals surface area contributed by atoms with Crippen LogP contribution in [0.15, 0.2) is 18.5 Å². The van der Waals surface area contributed by atoms with Crippen molar-refractivity contribution in [3.05, 3.63) is 35.4 Å². The third-order valence-corrected chi connectivity index (χ3v) is 5.64. The minimum Gasteiger partial charge on any atom is -0.368 e. The lowest BCUT2D eigenvalue weighted by Crippen LogP contribution is -2.34. The number of nitrogens with two attached hydrogens (primary N) is 1. The quantitative estimate of drug-likeness (QED) is 0.889. The van der Waals surface area contributed by atoms with E-state index in [1.54, 1.807) is 0 Å². The lowest BCUT2D eigenvalue weighted by molar-refractivity contribution is 0.203. The van der Waals surface area contributed by atoms with Crippen LogP contribution < -0.4 is 10.6 Å². The van der Waals surface area contributed by atoms with E-state index >= 15 is 0 Å². The summed E-state index contributed by atoms with van der Waals surface area (Å²) in [6.07, 6.45) is 9.74. The van der Waals surface area contributed by atoms with Gasteiger partial charge in [-0.05, 0) is 58.2 Å². The summed E-state index contributed by atoms with van der Waals surface area (Å²) in [6, 6.07) is 2.18. The lowest BCUT2D eigenvalue weighted by Gasteiger charge is -2.32. The van der Waals surface area contributed by atoms with Gasteiger partial charge in [0, 0.05) is 54.9 Å². The van der Waals surface area contributed by atoms with Crippen LogP contribution >= 0.6 is 0 Å². The zero-order chi connectivity index (χ0) is 18.6. The monoisotopic (exact) mass is 367 g/mol. The number of anilines is 2. The number of aryl methyl sites for hydroxylation is 1. The number of nitrogen functional groups attached to an aromatic ring is 1. The molecule has 0 spiro atoms. The van der Waals surface area contributed by atoms with Crippen molar-refractivity contribution in [2.75, 3.05) is 36.8 Å². The molecular formula is C20H29N7. The molecule has 2 aromatic heterocycles. The molecule has 7 heteroatoms. The van der Waals surface area contributed by atoms with Crippen LogP contribution in [0, 0.1) is 6.92 Å². The van der Waals surface area contributed by atoms with Gasteiger partial charge in [0.2, 0.25) is 11.9 Å². The number of hydrogen-bond acceptors (Lipinski definition) is 7. The van der Waals surface area contributed by atoms with Gasteiger partial charge in [-0.1, -0.05) is 0 Å². The molecule has 0 bridgehead atoms. The molecule has 0 unspecified atom stereocenters. The van der Waals surface area contributed by atoms with Crippen molar-refractivity contribution < 1.29 is 0 Å². The normalized spacial score (nSPS) is 19.4. The summed E-state index contributed by atoms with van der Waals surface area (Å²) in [7, 11) is 0. The van der Waals surface area contributed by atoms with Gasteiger partial charge in [-0.3, -0.25) is 4.90 Å². The van der Waals surface area contributed by atoms with Crippen molar-refractivity contribution in [1.82, 2.24) is 24.8 Å². The molecule has 0 aromatic carbocycles. The summed E-state index contributed by atoms with van der Waals surface area (Å²) in [5.74, 6) is 1.79. The van der Waals surface area contributed by atoms with Crippen LogP contribution in [0.3, 0.4) is 0 Å². The van der Waals surface area contributed by atoms with Crippen molar-refractivity contribution >= 4 is 11.9 Å². The zero-order valence-electron chi connectivity index (χ0n) is 16.1. The van der Waals surface area contributed by atoms with E-state index in [1.165, 1.54) is 25.0 Å². The maximum absolute atomic E-state index is 5.57. The number of hydrogen-bond donors (Lipinski definition) is 1. The van der Waals surface area contributed by atoms with E-state index in [2.05, 4.69) is 32.8 Å². The molecule has 2 aromatic rings. The van der Waals surface area contributed by atoms with Gasteiger partial charge in [-0.15, -0.1) is 0 Å². The topological polar surface area (TPSA) is 84.1 Å². The van der Waals surface area contributed by atoms with Crippen LogP contribution in [-0.4, -0.2) is 51.0 Å². The van der Waals surface area contributed by atoms with E-state index in [0.29, 0.717) is 11.9 Å². The van der Waals surface area contributed by atoms with Crippen LogP contribution in [0.1, 0.15) is 55.0 Å². The first-order valence-electron chi connectivity index (χ1n) is 10.1. The molecule has 2 fully saturated rings. The summed E-state index contributed by atoms with van der Waals surface area (Å²) in [5, 5.41) is 0. The van der Waals surface area contributed by atoms with Gasteiger partial charge in [-0.2, -0.15) is 0 Å². The average molecular weight is 368 g/mol. The molecule has 0 atom stereocenters. The Morgan fingerprint density at radius 3 is 2.41 bits per heavy atom. The first kappa shape index (κ1) is 18.1. The molecule has 4 heterocycles. The third kappa shape index (κ3) is 4.53. The fraction of sp³-hybridized carbons (Fsp3) is 0.600. The number of likely N-dealkylation sites (tertiary alicyclic amines) is 1. The molecule has 27 heavy (non-hydrogen) atoms. The maximum atomic E-state index is 5.57. The predicted octanol–water partition coefficient (Wildman–Crippen LogP) is 2.53. The molecule has 4 rings (SSSR count). The highest BCUT2D eigenvalue weighted by Gasteiger charge is 2.24. The van der Waals surface area contributed by atoms with E-state index in [0.717, 1.165) is 62.8 Å². The summed E-state index contributed by atoms with van der Waals surface area (Å²) in [5.41, 5.74) is 8.99. The molecule has 0 radical (unpaired) electrons. The Balaban J connectivity index is 1.38. The molecule has 7 nitrogen and oxygen atoms in total. The fourth-order valence-corrected chi connectivity index (χ4v) is 4.11. The van der Waals surface area contributed by atoms with E-state index in [9.17, 15) is 0 Å². The van der Waals surface area contributed by atoms with Gasteiger partial charge in [-0.25, -0.2) is 19.9 Å². The van der Waals surface area contributed by atoms with Crippen molar-refractivity contribution in [1.29, 1.82) is 0 Å².